The maximum atomic E-state index is 13.3. The zero-order valence-electron chi connectivity index (χ0n) is 17.1. The second kappa shape index (κ2) is 9.27. The molecule has 168 valence electrons. The first-order chi connectivity index (χ1) is 14.5. The van der Waals surface area contributed by atoms with Crippen molar-refractivity contribution in [2.75, 3.05) is 24.5 Å². The van der Waals surface area contributed by atoms with Crippen molar-refractivity contribution in [3.63, 3.8) is 0 Å². The Kier molecular flexibility index (Phi) is 7.08. The molecule has 2 aromatic rings. The van der Waals surface area contributed by atoms with Gasteiger partial charge in [-0.1, -0.05) is 35.3 Å². The van der Waals surface area contributed by atoms with Crippen LogP contribution in [0.5, 0.6) is 0 Å². The van der Waals surface area contributed by atoms with Crippen molar-refractivity contribution in [3.05, 3.63) is 63.1 Å². The van der Waals surface area contributed by atoms with E-state index in [2.05, 4.69) is 0 Å². The van der Waals surface area contributed by atoms with Crippen LogP contribution in [0.4, 0.5) is 18.9 Å². The fourth-order valence-electron chi connectivity index (χ4n) is 3.84. The van der Waals surface area contributed by atoms with Gasteiger partial charge in [0.2, 0.25) is 0 Å². The standard InChI is InChI=1S/C22H23Cl2F3N2O2/c1-3-29(17-5-7-20(24)18(9-17)22(25,26)27)13(2)14-4-6-19(23)15(8-14)10-28-11-16(12-28)21(30)31/h4-9,13,16H,3,10-12H2,1-2H3,(H,30,31). The predicted octanol–water partition coefficient (Wildman–Crippen LogP) is 6.12. The highest BCUT2D eigenvalue weighted by Crippen LogP contribution is 2.38. The lowest BCUT2D eigenvalue weighted by Gasteiger charge is -2.37. The van der Waals surface area contributed by atoms with E-state index in [1.165, 1.54) is 6.07 Å². The molecule has 0 aliphatic carbocycles. The SMILES string of the molecule is CCN(c1ccc(Cl)c(C(F)(F)F)c1)C(C)c1ccc(Cl)c(CN2CC(C(=O)O)C2)c1. The van der Waals surface area contributed by atoms with Gasteiger partial charge >= 0.3 is 12.1 Å². The highest BCUT2D eigenvalue weighted by molar-refractivity contribution is 6.31. The van der Waals surface area contributed by atoms with Crippen LogP contribution in [0.2, 0.25) is 10.0 Å². The normalized spacial score (nSPS) is 16.1. The molecule has 1 fully saturated rings. The second-order valence-electron chi connectivity index (χ2n) is 7.70. The molecule has 0 bridgehead atoms. The van der Waals surface area contributed by atoms with Gasteiger partial charge in [0.15, 0.2) is 0 Å². The Hall–Kier alpha value is -1.96. The van der Waals surface area contributed by atoms with Crippen LogP contribution >= 0.6 is 23.2 Å². The summed E-state index contributed by atoms with van der Waals surface area (Å²) >= 11 is 12.1. The van der Waals surface area contributed by atoms with E-state index in [1.807, 2.05) is 35.8 Å². The average Bonchev–Trinajstić information content (AvgIpc) is 2.66. The number of hydrogen-bond acceptors (Lipinski definition) is 3. The topological polar surface area (TPSA) is 43.8 Å². The van der Waals surface area contributed by atoms with Gasteiger partial charge in [0.05, 0.1) is 22.5 Å². The molecule has 9 heteroatoms. The number of carboxylic acid groups (broad SMARTS) is 1. The van der Waals surface area contributed by atoms with E-state index in [9.17, 15) is 18.0 Å². The van der Waals surface area contributed by atoms with Crippen molar-refractivity contribution in [2.24, 2.45) is 5.92 Å². The molecule has 1 heterocycles. The zero-order chi connectivity index (χ0) is 22.9. The molecule has 1 aliphatic heterocycles. The third-order valence-corrected chi connectivity index (χ3v) is 6.35. The summed E-state index contributed by atoms with van der Waals surface area (Å²) in [5.74, 6) is -1.16. The summed E-state index contributed by atoms with van der Waals surface area (Å²) in [7, 11) is 0. The number of carboxylic acids is 1. The maximum absolute atomic E-state index is 13.3. The van der Waals surface area contributed by atoms with E-state index in [-0.39, 0.29) is 17.0 Å². The van der Waals surface area contributed by atoms with Crippen LogP contribution in [0.15, 0.2) is 36.4 Å². The summed E-state index contributed by atoms with van der Waals surface area (Å²) in [5, 5.41) is 9.28. The molecule has 31 heavy (non-hydrogen) atoms. The number of hydrogen-bond donors (Lipinski definition) is 1. The van der Waals surface area contributed by atoms with Gasteiger partial charge in [0.1, 0.15) is 0 Å². The monoisotopic (exact) mass is 474 g/mol. The molecule has 2 aromatic carbocycles. The van der Waals surface area contributed by atoms with Crippen molar-refractivity contribution in [2.45, 2.75) is 32.6 Å². The van der Waals surface area contributed by atoms with Gasteiger partial charge < -0.3 is 10.0 Å². The Morgan fingerprint density at radius 2 is 1.84 bits per heavy atom. The van der Waals surface area contributed by atoms with Crippen LogP contribution < -0.4 is 4.90 Å². The number of rotatable bonds is 7. The number of nitrogens with zero attached hydrogens (tertiary/aromatic N) is 2. The van der Waals surface area contributed by atoms with Gasteiger partial charge in [-0.25, -0.2) is 0 Å². The number of aliphatic carboxylic acids is 1. The summed E-state index contributed by atoms with van der Waals surface area (Å²) in [5.41, 5.74) is 1.33. The maximum Gasteiger partial charge on any atom is 0.417 e. The number of carbonyl (C=O) groups is 1. The highest BCUT2D eigenvalue weighted by Gasteiger charge is 2.34. The van der Waals surface area contributed by atoms with Gasteiger partial charge in [0, 0.05) is 36.9 Å². The summed E-state index contributed by atoms with van der Waals surface area (Å²) < 4.78 is 39.9. The lowest BCUT2D eigenvalue weighted by Crippen LogP contribution is -2.49. The molecular weight excluding hydrogens is 452 g/mol. The largest absolute Gasteiger partial charge is 0.481 e. The molecule has 4 nitrogen and oxygen atoms in total. The first-order valence-corrected chi connectivity index (χ1v) is 10.6. The van der Waals surface area contributed by atoms with Crippen molar-refractivity contribution in [3.8, 4) is 0 Å². The van der Waals surface area contributed by atoms with E-state index in [0.717, 1.165) is 17.2 Å². The molecule has 0 spiro atoms. The van der Waals surface area contributed by atoms with E-state index in [1.54, 1.807) is 12.1 Å². The van der Waals surface area contributed by atoms with Crippen LogP contribution in [0, 0.1) is 5.92 Å². The van der Waals surface area contributed by atoms with Crippen molar-refractivity contribution >= 4 is 34.9 Å². The Morgan fingerprint density at radius 1 is 1.19 bits per heavy atom. The van der Waals surface area contributed by atoms with Gasteiger partial charge in [-0.05, 0) is 49.2 Å². The Bertz CT molecular complexity index is 962. The summed E-state index contributed by atoms with van der Waals surface area (Å²) in [6.07, 6.45) is -4.53. The molecule has 0 saturated carbocycles. The van der Waals surface area contributed by atoms with Gasteiger partial charge in [-0.3, -0.25) is 9.69 Å². The zero-order valence-corrected chi connectivity index (χ0v) is 18.6. The van der Waals surface area contributed by atoms with E-state index < -0.39 is 17.7 Å². The van der Waals surface area contributed by atoms with E-state index in [0.29, 0.717) is 36.9 Å². The Morgan fingerprint density at radius 3 is 2.42 bits per heavy atom. The van der Waals surface area contributed by atoms with Crippen molar-refractivity contribution in [1.82, 2.24) is 4.90 Å². The third kappa shape index (κ3) is 5.27. The Labute approximate surface area is 189 Å². The number of alkyl halides is 3. The molecule has 0 amide bonds. The third-order valence-electron chi connectivity index (χ3n) is 5.65. The van der Waals surface area contributed by atoms with Crippen LogP contribution in [-0.4, -0.2) is 35.6 Å². The minimum absolute atomic E-state index is 0.216. The lowest BCUT2D eigenvalue weighted by atomic mass is 9.98. The first kappa shape index (κ1) is 23.7. The second-order valence-corrected chi connectivity index (χ2v) is 8.52. The van der Waals surface area contributed by atoms with E-state index in [4.69, 9.17) is 28.3 Å². The van der Waals surface area contributed by atoms with Gasteiger partial charge in [0.25, 0.3) is 0 Å². The minimum Gasteiger partial charge on any atom is -0.481 e. The fourth-order valence-corrected chi connectivity index (χ4v) is 4.24. The Balaban J connectivity index is 1.83. The van der Waals surface area contributed by atoms with Crippen molar-refractivity contribution in [1.29, 1.82) is 0 Å². The van der Waals surface area contributed by atoms with Crippen molar-refractivity contribution < 1.29 is 23.1 Å². The molecule has 3 rings (SSSR count). The molecule has 0 radical (unpaired) electrons. The summed E-state index contributed by atoms with van der Waals surface area (Å²) in [6, 6.07) is 9.27. The molecule has 1 atom stereocenters. The van der Waals surface area contributed by atoms with Crippen LogP contribution in [-0.2, 0) is 17.5 Å². The molecular formula is C22H23Cl2F3N2O2. The molecule has 1 N–H and O–H groups in total. The highest BCUT2D eigenvalue weighted by atomic mass is 35.5. The summed E-state index contributed by atoms with van der Waals surface area (Å²) in [6.45, 7) is 5.75. The lowest BCUT2D eigenvalue weighted by molar-refractivity contribution is -0.147. The first-order valence-electron chi connectivity index (χ1n) is 9.88. The minimum atomic E-state index is -4.53. The summed E-state index contributed by atoms with van der Waals surface area (Å²) in [4.78, 5) is 14.9. The number of anilines is 1. The van der Waals surface area contributed by atoms with E-state index >= 15 is 0 Å². The number of benzene rings is 2. The number of likely N-dealkylation sites (tertiary alicyclic amines) is 1. The molecule has 1 unspecified atom stereocenters. The number of halogens is 5. The van der Waals surface area contributed by atoms with Gasteiger partial charge in [-0.2, -0.15) is 13.2 Å². The smallest absolute Gasteiger partial charge is 0.417 e. The van der Waals surface area contributed by atoms with Crippen LogP contribution in [0.1, 0.15) is 36.6 Å². The van der Waals surface area contributed by atoms with Crippen LogP contribution in [0.3, 0.4) is 0 Å². The molecule has 0 aromatic heterocycles. The van der Waals surface area contributed by atoms with Crippen LogP contribution in [0.25, 0.3) is 0 Å². The predicted molar refractivity (Wildman–Crippen MR) is 116 cm³/mol. The fraction of sp³-hybridized carbons (Fsp3) is 0.409. The quantitative estimate of drug-likeness (QED) is 0.525. The molecule has 1 saturated heterocycles. The average molecular weight is 475 g/mol. The van der Waals surface area contributed by atoms with Gasteiger partial charge in [-0.15, -0.1) is 0 Å². The molecule has 1 aliphatic rings.